The number of hydrogen-bond acceptors (Lipinski definition) is 6. The van der Waals surface area contributed by atoms with Gasteiger partial charge in [-0.05, 0) is 73.6 Å². The number of aromatic nitrogens is 3. The first kappa shape index (κ1) is 32.0. The quantitative estimate of drug-likeness (QED) is 0.222. The summed E-state index contributed by atoms with van der Waals surface area (Å²) in [6, 6.07) is 12.7. The van der Waals surface area contributed by atoms with E-state index in [4.69, 9.17) is 4.74 Å². The molecule has 0 bridgehead atoms. The van der Waals surface area contributed by atoms with Gasteiger partial charge in [0.1, 0.15) is 17.9 Å². The maximum atomic E-state index is 13.8. The number of alkyl halides is 3. The number of carbonyl (C=O) groups is 2. The van der Waals surface area contributed by atoms with Gasteiger partial charge in [-0.15, -0.1) is 11.3 Å². The average molecular weight is 642 g/mol. The van der Waals surface area contributed by atoms with Crippen molar-refractivity contribution in [1.29, 1.82) is 0 Å². The second-order valence-electron chi connectivity index (χ2n) is 11.2. The molecule has 1 N–H and O–H groups in total. The lowest BCUT2D eigenvalue weighted by Gasteiger charge is -2.34. The lowest BCUT2D eigenvalue weighted by atomic mass is 9.86. The number of carboxylic acid groups (broad SMARTS) is 1. The minimum atomic E-state index is -4.95. The Kier molecular flexibility index (Phi) is 9.19. The van der Waals surface area contributed by atoms with Gasteiger partial charge in [0.25, 0.3) is 0 Å². The molecule has 1 aliphatic rings. The van der Waals surface area contributed by atoms with Crippen molar-refractivity contribution in [2.75, 3.05) is 27.2 Å². The monoisotopic (exact) mass is 641 g/mol. The van der Waals surface area contributed by atoms with Gasteiger partial charge in [0.05, 0.1) is 16.8 Å². The highest BCUT2D eigenvalue weighted by Crippen LogP contribution is 2.37. The third-order valence-electron chi connectivity index (χ3n) is 7.86. The van der Waals surface area contributed by atoms with Gasteiger partial charge >= 0.3 is 18.2 Å². The Morgan fingerprint density at radius 1 is 1.11 bits per heavy atom. The van der Waals surface area contributed by atoms with Crippen LogP contribution < -0.4 is 4.74 Å². The van der Waals surface area contributed by atoms with Crippen LogP contribution in [0.25, 0.3) is 16.4 Å². The fourth-order valence-corrected chi connectivity index (χ4v) is 6.70. The summed E-state index contributed by atoms with van der Waals surface area (Å²) in [5.41, 5.74) is 1.38. The van der Waals surface area contributed by atoms with E-state index in [1.54, 1.807) is 31.1 Å². The number of ether oxygens (including phenoxy) is 1. The number of likely N-dealkylation sites (tertiary alicyclic amines) is 1. The van der Waals surface area contributed by atoms with Crippen LogP contribution in [0.5, 0.6) is 5.75 Å². The van der Waals surface area contributed by atoms with Crippen molar-refractivity contribution in [1.82, 2.24) is 24.6 Å². The summed E-state index contributed by atoms with van der Waals surface area (Å²) in [5.74, 6) is -0.798. The van der Waals surface area contributed by atoms with Crippen molar-refractivity contribution in [3.8, 4) is 22.1 Å². The number of amides is 2. The minimum absolute atomic E-state index is 0.0395. The van der Waals surface area contributed by atoms with Gasteiger partial charge in [0.15, 0.2) is 11.5 Å². The number of rotatable bonds is 8. The Morgan fingerprint density at radius 3 is 2.49 bits per heavy atom. The number of pyridine rings is 1. The third-order valence-corrected chi connectivity index (χ3v) is 8.98. The third kappa shape index (κ3) is 6.82. The molecule has 4 heterocycles. The van der Waals surface area contributed by atoms with E-state index in [0.29, 0.717) is 28.2 Å². The molecule has 0 atom stereocenters. The van der Waals surface area contributed by atoms with Gasteiger partial charge < -0.3 is 19.6 Å². The van der Waals surface area contributed by atoms with Crippen LogP contribution >= 0.6 is 11.3 Å². The van der Waals surface area contributed by atoms with Crippen LogP contribution in [0, 0.1) is 6.92 Å². The Labute approximate surface area is 262 Å². The van der Waals surface area contributed by atoms with Crippen molar-refractivity contribution in [2.24, 2.45) is 0 Å². The zero-order valence-corrected chi connectivity index (χ0v) is 26.2. The molecule has 2 amide bonds. The molecule has 0 radical (unpaired) electrons. The first-order chi connectivity index (χ1) is 21.4. The first-order valence-corrected chi connectivity index (χ1v) is 15.4. The molecule has 238 valence electrons. The molecular formula is C32H34F3N5O4S. The van der Waals surface area contributed by atoms with Crippen molar-refractivity contribution in [3.63, 3.8) is 0 Å². The highest BCUT2D eigenvalue weighted by atomic mass is 32.1. The molecule has 1 aliphatic heterocycles. The van der Waals surface area contributed by atoms with Crippen molar-refractivity contribution < 1.29 is 32.6 Å². The molecule has 1 saturated heterocycles. The highest BCUT2D eigenvalue weighted by Gasteiger charge is 2.41. The number of aryl methyl sites for hydroxylation is 2. The Hall–Kier alpha value is -4.39. The van der Waals surface area contributed by atoms with Gasteiger partial charge in [-0.1, -0.05) is 19.1 Å². The number of benzene rings is 1. The summed E-state index contributed by atoms with van der Waals surface area (Å²) in [6.07, 6.45) is -1.64. The van der Waals surface area contributed by atoms with Crippen molar-refractivity contribution in [2.45, 2.75) is 51.8 Å². The molecule has 9 nitrogen and oxygen atoms in total. The van der Waals surface area contributed by atoms with Gasteiger partial charge in [-0.25, -0.2) is 19.3 Å². The van der Waals surface area contributed by atoms with Crippen LogP contribution in [0.2, 0.25) is 0 Å². The summed E-state index contributed by atoms with van der Waals surface area (Å²) in [4.78, 5) is 33.4. The van der Waals surface area contributed by atoms with Gasteiger partial charge in [-0.3, -0.25) is 0 Å². The van der Waals surface area contributed by atoms with Crippen molar-refractivity contribution in [3.05, 3.63) is 81.5 Å². The number of hydrogen-bond donors (Lipinski definition) is 1. The first-order valence-electron chi connectivity index (χ1n) is 14.5. The van der Waals surface area contributed by atoms with E-state index >= 15 is 0 Å². The van der Waals surface area contributed by atoms with E-state index in [1.165, 1.54) is 28.5 Å². The molecule has 1 fully saturated rings. The van der Waals surface area contributed by atoms with Crippen LogP contribution in [-0.2, 0) is 19.2 Å². The SMILES string of the molecule is CCc1cc(OCc2cc(C)sc2-c2cccc(-n3ncc(C(=O)O)c3C(F)(F)F)n2)ccc1C1CCN(C(=O)N(C)C)CC1. The fourth-order valence-electron chi connectivity index (χ4n) is 5.71. The number of carboxylic acids is 1. The smallest absolute Gasteiger partial charge is 0.434 e. The molecule has 0 spiro atoms. The Balaban J connectivity index is 1.34. The van der Waals surface area contributed by atoms with Crippen LogP contribution in [0.15, 0.2) is 48.7 Å². The molecule has 0 saturated carbocycles. The lowest BCUT2D eigenvalue weighted by molar-refractivity contribution is -0.143. The lowest BCUT2D eigenvalue weighted by Crippen LogP contribution is -2.43. The number of piperidine rings is 1. The zero-order valence-electron chi connectivity index (χ0n) is 25.4. The van der Waals surface area contributed by atoms with E-state index < -0.39 is 23.4 Å². The topological polar surface area (TPSA) is 101 Å². The largest absolute Gasteiger partial charge is 0.489 e. The number of halogens is 3. The van der Waals surface area contributed by atoms with E-state index in [0.717, 1.165) is 47.7 Å². The molecule has 3 aromatic heterocycles. The van der Waals surface area contributed by atoms with E-state index in [1.807, 2.05) is 24.0 Å². The maximum Gasteiger partial charge on any atom is 0.434 e. The zero-order chi connectivity index (χ0) is 32.5. The van der Waals surface area contributed by atoms with E-state index in [9.17, 15) is 27.9 Å². The normalized spacial score (nSPS) is 14.1. The number of carbonyl (C=O) groups excluding carboxylic acids is 1. The van der Waals surface area contributed by atoms with Gasteiger partial charge in [0, 0.05) is 37.6 Å². The van der Waals surface area contributed by atoms with Crippen LogP contribution in [0.1, 0.15) is 63.3 Å². The molecular weight excluding hydrogens is 607 g/mol. The molecule has 1 aromatic carbocycles. The molecule has 45 heavy (non-hydrogen) atoms. The average Bonchev–Trinajstić information content (AvgIpc) is 3.64. The van der Waals surface area contributed by atoms with Gasteiger partial charge in [-0.2, -0.15) is 18.3 Å². The predicted molar refractivity (Wildman–Crippen MR) is 164 cm³/mol. The molecule has 0 aliphatic carbocycles. The summed E-state index contributed by atoms with van der Waals surface area (Å²) < 4.78 is 48.2. The second kappa shape index (κ2) is 12.9. The Morgan fingerprint density at radius 2 is 1.84 bits per heavy atom. The second-order valence-corrected chi connectivity index (χ2v) is 12.4. The molecule has 5 rings (SSSR count). The highest BCUT2D eigenvalue weighted by molar-refractivity contribution is 7.15. The number of thiophene rings is 1. The maximum absolute atomic E-state index is 13.8. The fraction of sp³-hybridized carbons (Fsp3) is 0.375. The molecule has 13 heteroatoms. The van der Waals surface area contributed by atoms with Crippen LogP contribution in [0.3, 0.4) is 0 Å². The summed E-state index contributed by atoms with van der Waals surface area (Å²) >= 11 is 1.44. The summed E-state index contributed by atoms with van der Waals surface area (Å²) in [6.45, 7) is 5.69. The minimum Gasteiger partial charge on any atom is -0.489 e. The van der Waals surface area contributed by atoms with E-state index in [2.05, 4.69) is 29.1 Å². The number of nitrogens with zero attached hydrogens (tertiary/aromatic N) is 5. The van der Waals surface area contributed by atoms with Gasteiger partial charge in [0.2, 0.25) is 0 Å². The Bertz CT molecular complexity index is 1710. The van der Waals surface area contributed by atoms with E-state index in [-0.39, 0.29) is 18.5 Å². The number of aromatic carboxylic acids is 1. The number of urea groups is 1. The molecule has 4 aromatic rings. The van der Waals surface area contributed by atoms with Crippen LogP contribution in [0.4, 0.5) is 18.0 Å². The van der Waals surface area contributed by atoms with Crippen molar-refractivity contribution >= 4 is 23.3 Å². The predicted octanol–water partition coefficient (Wildman–Crippen LogP) is 7.02. The molecule has 0 unspecified atom stereocenters. The summed E-state index contributed by atoms with van der Waals surface area (Å²) in [7, 11) is 3.53. The van der Waals surface area contributed by atoms with Crippen LogP contribution in [-0.4, -0.2) is 68.9 Å². The summed E-state index contributed by atoms with van der Waals surface area (Å²) in [5, 5.41) is 13.0. The standard InChI is InChI=1S/C32H34F3N5O4S/c1-5-20-16-23(9-10-24(20)21-11-13-39(14-12-21)31(43)38(3)4)44-18-22-15-19(2)45-28(22)26-7-6-8-27(37-26)40-29(32(33,34)35)25(17-36-40)30(41)42/h6-10,15-17,21H,5,11-14,18H2,1-4H3,(H,41,42).